The number of nitrogens with zero attached hydrogens (tertiary/aromatic N) is 1. The Morgan fingerprint density at radius 3 is 2.21 bits per heavy atom. The third-order valence-electron chi connectivity index (χ3n) is 5.78. The molecule has 3 atom stereocenters. The number of carboxylic acids is 2. The average molecular weight is 471 g/mol. The van der Waals surface area contributed by atoms with E-state index in [0.717, 1.165) is 11.1 Å². The number of amides is 1. The van der Waals surface area contributed by atoms with Crippen molar-refractivity contribution in [2.45, 2.75) is 49.6 Å². The fourth-order valence-corrected chi connectivity index (χ4v) is 5.04. The number of likely N-dealkylation sites (tertiary alicyclic amines) is 1. The van der Waals surface area contributed by atoms with Gasteiger partial charge in [0.15, 0.2) is 0 Å². The first-order chi connectivity index (χ1) is 16.0. The highest BCUT2D eigenvalue weighted by atomic mass is 32.2. The van der Waals surface area contributed by atoms with E-state index in [9.17, 15) is 24.6 Å². The molecule has 1 aliphatic rings. The van der Waals surface area contributed by atoms with Crippen molar-refractivity contribution in [2.75, 3.05) is 12.3 Å². The lowest BCUT2D eigenvalue weighted by molar-refractivity contribution is -0.149. The number of thioether (sulfide) groups is 1. The van der Waals surface area contributed by atoms with E-state index in [1.807, 2.05) is 60.7 Å². The van der Waals surface area contributed by atoms with Crippen LogP contribution in [0.15, 0.2) is 60.7 Å². The minimum atomic E-state index is -1.02. The number of aliphatic carboxylic acids is 2. The van der Waals surface area contributed by atoms with Crippen molar-refractivity contribution in [1.29, 1.82) is 0 Å². The molecule has 1 fully saturated rings. The van der Waals surface area contributed by atoms with Crippen LogP contribution in [-0.4, -0.2) is 63.4 Å². The summed E-state index contributed by atoms with van der Waals surface area (Å²) in [6.07, 6.45) is 1.93. The average Bonchev–Trinajstić information content (AvgIpc) is 3.32. The molecule has 176 valence electrons. The van der Waals surface area contributed by atoms with Gasteiger partial charge in [0, 0.05) is 18.1 Å². The number of nitrogens with one attached hydrogen (secondary N) is 1. The molecule has 2 aromatic carbocycles. The summed E-state index contributed by atoms with van der Waals surface area (Å²) in [5.74, 6) is -1.35. The smallest absolute Gasteiger partial charge is 0.326 e. The third kappa shape index (κ3) is 7.33. The lowest BCUT2D eigenvalue weighted by atomic mass is 10.0. The van der Waals surface area contributed by atoms with Gasteiger partial charge in [0.2, 0.25) is 5.91 Å². The van der Waals surface area contributed by atoms with Crippen molar-refractivity contribution in [3.05, 3.63) is 71.8 Å². The van der Waals surface area contributed by atoms with Crippen LogP contribution in [-0.2, 0) is 26.6 Å². The van der Waals surface area contributed by atoms with Crippen molar-refractivity contribution < 1.29 is 24.6 Å². The molecular weight excluding hydrogens is 440 g/mol. The highest BCUT2D eigenvalue weighted by molar-refractivity contribution is 7.98. The molecule has 1 aliphatic heterocycles. The zero-order valence-corrected chi connectivity index (χ0v) is 19.2. The summed E-state index contributed by atoms with van der Waals surface area (Å²) >= 11 is 1.53. The molecule has 7 nitrogen and oxygen atoms in total. The molecule has 0 saturated carbocycles. The van der Waals surface area contributed by atoms with Crippen LogP contribution in [0.5, 0.6) is 0 Å². The van der Waals surface area contributed by atoms with Crippen LogP contribution in [0.2, 0.25) is 0 Å². The molecule has 3 rings (SSSR count). The number of carbonyl (C=O) groups is 3. The van der Waals surface area contributed by atoms with Crippen LogP contribution in [0, 0.1) is 0 Å². The molecule has 0 aliphatic carbocycles. The molecule has 0 spiro atoms. The number of carboxylic acid groups (broad SMARTS) is 2. The van der Waals surface area contributed by atoms with Crippen molar-refractivity contribution in [1.82, 2.24) is 10.2 Å². The Balaban J connectivity index is 1.70. The van der Waals surface area contributed by atoms with Gasteiger partial charge in [-0.05, 0) is 36.8 Å². The van der Waals surface area contributed by atoms with E-state index in [0.29, 0.717) is 43.7 Å². The van der Waals surface area contributed by atoms with Crippen LogP contribution in [0.4, 0.5) is 0 Å². The van der Waals surface area contributed by atoms with Crippen LogP contribution >= 0.6 is 11.8 Å². The van der Waals surface area contributed by atoms with Gasteiger partial charge in [0.1, 0.15) is 12.1 Å². The Bertz CT molecular complexity index is 925. The molecule has 0 aromatic heterocycles. The van der Waals surface area contributed by atoms with E-state index in [1.54, 1.807) is 0 Å². The fourth-order valence-electron chi connectivity index (χ4n) is 4.02. The Morgan fingerprint density at radius 1 is 0.970 bits per heavy atom. The lowest BCUT2D eigenvalue weighted by Gasteiger charge is -2.29. The van der Waals surface area contributed by atoms with E-state index >= 15 is 0 Å². The van der Waals surface area contributed by atoms with Gasteiger partial charge in [-0.25, -0.2) is 4.79 Å². The quantitative estimate of drug-likeness (QED) is 0.438. The van der Waals surface area contributed by atoms with Crippen molar-refractivity contribution >= 4 is 29.6 Å². The third-order valence-corrected chi connectivity index (χ3v) is 6.89. The van der Waals surface area contributed by atoms with E-state index in [4.69, 9.17) is 0 Å². The molecule has 8 heteroatoms. The normalized spacial score (nSPS) is 17.5. The SMILES string of the molecule is O=C(O)C(CCc1ccccc1)N[C@@H](CSCc1ccccc1)C(=O)N1CCC[C@H]1C(=O)O. The first-order valence-electron chi connectivity index (χ1n) is 11.1. The zero-order valence-electron chi connectivity index (χ0n) is 18.4. The summed E-state index contributed by atoms with van der Waals surface area (Å²) < 4.78 is 0. The number of hydrogen-bond acceptors (Lipinski definition) is 5. The minimum absolute atomic E-state index is 0.328. The summed E-state index contributed by atoms with van der Waals surface area (Å²) in [7, 11) is 0. The molecule has 1 heterocycles. The summed E-state index contributed by atoms with van der Waals surface area (Å²) in [5.41, 5.74) is 2.13. The number of benzene rings is 2. The highest BCUT2D eigenvalue weighted by Crippen LogP contribution is 2.21. The van der Waals surface area contributed by atoms with Gasteiger partial charge in [-0.1, -0.05) is 60.7 Å². The Labute approximate surface area is 198 Å². The van der Waals surface area contributed by atoms with Gasteiger partial charge >= 0.3 is 11.9 Å². The summed E-state index contributed by atoms with van der Waals surface area (Å²) in [5, 5.41) is 22.4. The topological polar surface area (TPSA) is 107 Å². The molecule has 3 N–H and O–H groups in total. The fraction of sp³-hybridized carbons (Fsp3) is 0.400. The Morgan fingerprint density at radius 2 is 1.61 bits per heavy atom. The molecule has 2 aromatic rings. The Kier molecular flexibility index (Phi) is 9.33. The lowest BCUT2D eigenvalue weighted by Crippen LogP contribution is -2.55. The minimum Gasteiger partial charge on any atom is -0.480 e. The predicted octanol–water partition coefficient (Wildman–Crippen LogP) is 3.04. The standard InChI is InChI=1S/C25H30N2O5S/c28-23(27-15-7-12-22(27)25(31)32)21(17-33-16-19-10-5-2-6-11-19)26-20(24(29)30)14-13-18-8-3-1-4-9-18/h1-6,8-11,20-22,26H,7,12-17H2,(H,29,30)(H,31,32)/t20?,21-,22-/m0/s1. The monoisotopic (exact) mass is 470 g/mol. The Hall–Kier alpha value is -2.84. The van der Waals surface area contributed by atoms with Crippen LogP contribution in [0.1, 0.15) is 30.4 Å². The zero-order chi connectivity index (χ0) is 23.6. The molecule has 1 amide bonds. The van der Waals surface area contributed by atoms with Crippen molar-refractivity contribution in [3.8, 4) is 0 Å². The number of hydrogen-bond donors (Lipinski definition) is 3. The molecular formula is C25H30N2O5S. The van der Waals surface area contributed by atoms with Crippen LogP contribution in [0.3, 0.4) is 0 Å². The maximum Gasteiger partial charge on any atom is 0.326 e. The molecule has 33 heavy (non-hydrogen) atoms. The maximum absolute atomic E-state index is 13.3. The summed E-state index contributed by atoms with van der Waals surface area (Å²) in [6.45, 7) is 0.374. The number of aryl methyl sites for hydroxylation is 1. The van der Waals surface area contributed by atoms with Crippen molar-refractivity contribution in [2.24, 2.45) is 0 Å². The highest BCUT2D eigenvalue weighted by Gasteiger charge is 2.38. The predicted molar refractivity (Wildman–Crippen MR) is 128 cm³/mol. The second-order valence-electron chi connectivity index (χ2n) is 8.16. The van der Waals surface area contributed by atoms with E-state index in [-0.39, 0.29) is 5.91 Å². The maximum atomic E-state index is 13.3. The van der Waals surface area contributed by atoms with Gasteiger partial charge in [-0.2, -0.15) is 11.8 Å². The van der Waals surface area contributed by atoms with E-state index in [2.05, 4.69) is 5.32 Å². The summed E-state index contributed by atoms with van der Waals surface area (Å²) in [6, 6.07) is 16.9. The van der Waals surface area contributed by atoms with Gasteiger partial charge < -0.3 is 15.1 Å². The summed E-state index contributed by atoms with van der Waals surface area (Å²) in [4.78, 5) is 38.3. The van der Waals surface area contributed by atoms with Crippen molar-refractivity contribution in [3.63, 3.8) is 0 Å². The number of rotatable bonds is 12. The van der Waals surface area contributed by atoms with Gasteiger partial charge in [-0.3, -0.25) is 14.9 Å². The van der Waals surface area contributed by atoms with E-state index < -0.39 is 30.1 Å². The van der Waals surface area contributed by atoms with Gasteiger partial charge in [0.25, 0.3) is 0 Å². The van der Waals surface area contributed by atoms with E-state index in [1.165, 1.54) is 16.7 Å². The van der Waals surface area contributed by atoms with Crippen LogP contribution < -0.4 is 5.32 Å². The molecule has 0 bridgehead atoms. The first kappa shape index (κ1) is 24.8. The molecule has 1 saturated heterocycles. The van der Waals surface area contributed by atoms with Gasteiger partial charge in [0.05, 0.1) is 6.04 Å². The first-order valence-corrected chi connectivity index (χ1v) is 12.3. The second kappa shape index (κ2) is 12.4. The van der Waals surface area contributed by atoms with Gasteiger partial charge in [-0.15, -0.1) is 0 Å². The number of carbonyl (C=O) groups excluding carboxylic acids is 1. The molecule has 0 radical (unpaired) electrons. The second-order valence-corrected chi connectivity index (χ2v) is 9.19. The molecule has 1 unspecified atom stereocenters. The van der Waals surface area contributed by atoms with Crippen LogP contribution in [0.25, 0.3) is 0 Å². The largest absolute Gasteiger partial charge is 0.480 e.